The van der Waals surface area contributed by atoms with E-state index in [4.69, 9.17) is 4.74 Å². The number of hydrogen-bond acceptors (Lipinski definition) is 3. The average molecular weight is 486 g/mol. The number of likely N-dealkylation sites (tertiary alicyclic amines) is 1. The van der Waals surface area contributed by atoms with Crippen LogP contribution in [0.4, 0.5) is 0 Å². The number of nitrogens with zero attached hydrogens (tertiary/aromatic N) is 2. The Morgan fingerprint density at radius 2 is 2.43 bits per heavy atom. The molecular formula is C14H21BrIN3OS. The van der Waals surface area contributed by atoms with Crippen molar-refractivity contribution in [3.63, 3.8) is 0 Å². The van der Waals surface area contributed by atoms with E-state index in [1.807, 2.05) is 7.05 Å². The van der Waals surface area contributed by atoms with E-state index in [1.54, 1.807) is 11.3 Å². The van der Waals surface area contributed by atoms with E-state index in [1.165, 1.54) is 22.2 Å². The molecule has 2 fully saturated rings. The zero-order chi connectivity index (χ0) is 14.0. The zero-order valence-electron chi connectivity index (χ0n) is 12.1. The molecule has 1 unspecified atom stereocenters. The van der Waals surface area contributed by atoms with Crippen molar-refractivity contribution in [3.8, 4) is 0 Å². The molecule has 1 spiro atoms. The number of rotatable bonds is 2. The van der Waals surface area contributed by atoms with Gasteiger partial charge in [0.25, 0.3) is 0 Å². The molecule has 1 aromatic heterocycles. The topological polar surface area (TPSA) is 36.9 Å². The van der Waals surface area contributed by atoms with E-state index < -0.39 is 0 Å². The van der Waals surface area contributed by atoms with E-state index in [0.717, 1.165) is 38.8 Å². The molecule has 4 nitrogen and oxygen atoms in total. The van der Waals surface area contributed by atoms with Gasteiger partial charge >= 0.3 is 0 Å². The third-order valence-electron chi connectivity index (χ3n) is 4.21. The van der Waals surface area contributed by atoms with Crippen molar-refractivity contribution in [2.24, 2.45) is 10.4 Å². The summed E-state index contributed by atoms with van der Waals surface area (Å²) in [6.07, 6.45) is 2.41. The van der Waals surface area contributed by atoms with Gasteiger partial charge < -0.3 is 15.0 Å². The second-order valence-electron chi connectivity index (χ2n) is 5.63. The van der Waals surface area contributed by atoms with Gasteiger partial charge in [0.15, 0.2) is 5.96 Å². The highest BCUT2D eigenvalue weighted by molar-refractivity contribution is 14.0. The number of ether oxygens (including phenoxy) is 1. The Morgan fingerprint density at radius 3 is 3.05 bits per heavy atom. The second kappa shape index (κ2) is 7.61. The van der Waals surface area contributed by atoms with Crippen molar-refractivity contribution < 1.29 is 4.74 Å². The van der Waals surface area contributed by atoms with Gasteiger partial charge in [-0.1, -0.05) is 0 Å². The Hall–Kier alpha value is 0.140. The number of aliphatic imine (C=N–C) groups is 1. The Labute approximate surface area is 155 Å². The first-order valence-corrected chi connectivity index (χ1v) is 8.64. The lowest BCUT2D eigenvalue weighted by molar-refractivity contribution is 0.156. The van der Waals surface area contributed by atoms with Gasteiger partial charge in [0.2, 0.25) is 0 Å². The average Bonchev–Trinajstić information content (AvgIpc) is 3.15. The molecule has 0 amide bonds. The maximum absolute atomic E-state index is 5.59. The van der Waals surface area contributed by atoms with Crippen LogP contribution in [0.25, 0.3) is 0 Å². The van der Waals surface area contributed by atoms with E-state index in [2.05, 4.69) is 42.6 Å². The summed E-state index contributed by atoms with van der Waals surface area (Å²) in [5.41, 5.74) is 1.67. The number of nitrogens with one attached hydrogen (secondary N) is 1. The Morgan fingerprint density at radius 1 is 1.57 bits per heavy atom. The third-order valence-corrected chi connectivity index (χ3v) is 5.76. The van der Waals surface area contributed by atoms with Crippen LogP contribution in [-0.4, -0.2) is 44.2 Å². The van der Waals surface area contributed by atoms with Crippen LogP contribution in [0.1, 0.15) is 18.4 Å². The molecular weight excluding hydrogens is 465 g/mol. The van der Waals surface area contributed by atoms with Crippen LogP contribution in [0, 0.1) is 5.41 Å². The van der Waals surface area contributed by atoms with Crippen LogP contribution in [0.2, 0.25) is 0 Å². The van der Waals surface area contributed by atoms with Crippen molar-refractivity contribution >= 4 is 57.2 Å². The fourth-order valence-electron chi connectivity index (χ4n) is 3.04. The number of thiophene rings is 1. The van der Waals surface area contributed by atoms with Crippen LogP contribution in [0.3, 0.4) is 0 Å². The second-order valence-corrected chi connectivity index (χ2v) is 7.92. The fourth-order valence-corrected chi connectivity index (χ4v) is 4.25. The minimum absolute atomic E-state index is 0. The molecule has 3 rings (SSSR count). The van der Waals surface area contributed by atoms with Crippen molar-refractivity contribution in [1.29, 1.82) is 0 Å². The molecule has 0 saturated carbocycles. The molecule has 7 heteroatoms. The molecule has 1 N–H and O–H groups in total. The maximum atomic E-state index is 5.59. The molecule has 2 aliphatic rings. The van der Waals surface area contributed by atoms with E-state index in [9.17, 15) is 0 Å². The van der Waals surface area contributed by atoms with Gasteiger partial charge in [-0.15, -0.1) is 35.3 Å². The van der Waals surface area contributed by atoms with Gasteiger partial charge in [0.05, 0.1) is 10.4 Å². The predicted octanol–water partition coefficient (Wildman–Crippen LogP) is 3.32. The number of guanidine groups is 1. The number of halogens is 2. The highest BCUT2D eigenvalue weighted by Gasteiger charge is 2.42. The zero-order valence-corrected chi connectivity index (χ0v) is 16.8. The number of hydrogen-bond donors (Lipinski definition) is 1. The van der Waals surface area contributed by atoms with Gasteiger partial charge in [-0.05, 0) is 45.8 Å². The fraction of sp³-hybridized carbons (Fsp3) is 0.643. The van der Waals surface area contributed by atoms with Crippen LogP contribution < -0.4 is 5.32 Å². The summed E-state index contributed by atoms with van der Waals surface area (Å²) in [4.78, 5) is 6.80. The normalized spacial score (nSPS) is 25.4. The summed E-state index contributed by atoms with van der Waals surface area (Å²) < 4.78 is 6.76. The molecule has 1 atom stereocenters. The summed E-state index contributed by atoms with van der Waals surface area (Å²) >= 11 is 5.22. The molecule has 1 aromatic rings. The quantitative estimate of drug-likeness (QED) is 0.396. The molecule has 3 heterocycles. The Balaban J connectivity index is 0.00000161. The predicted molar refractivity (Wildman–Crippen MR) is 102 cm³/mol. The van der Waals surface area contributed by atoms with E-state index >= 15 is 0 Å². The van der Waals surface area contributed by atoms with Crippen molar-refractivity contribution in [1.82, 2.24) is 10.2 Å². The maximum Gasteiger partial charge on any atom is 0.193 e. The van der Waals surface area contributed by atoms with Crippen LogP contribution in [0.5, 0.6) is 0 Å². The van der Waals surface area contributed by atoms with Crippen LogP contribution in [0.15, 0.2) is 20.2 Å². The van der Waals surface area contributed by atoms with E-state index in [-0.39, 0.29) is 24.0 Å². The minimum Gasteiger partial charge on any atom is -0.381 e. The highest BCUT2D eigenvalue weighted by atomic mass is 127. The van der Waals surface area contributed by atoms with Crippen molar-refractivity contribution in [3.05, 3.63) is 20.8 Å². The largest absolute Gasteiger partial charge is 0.381 e. The summed E-state index contributed by atoms with van der Waals surface area (Å²) in [5, 5.41) is 5.64. The van der Waals surface area contributed by atoms with Crippen molar-refractivity contribution in [2.75, 3.05) is 33.4 Å². The van der Waals surface area contributed by atoms with Gasteiger partial charge in [-0.25, -0.2) is 0 Å². The smallest absolute Gasteiger partial charge is 0.193 e. The Kier molecular flexibility index (Phi) is 6.34. The molecule has 0 aromatic carbocycles. The minimum atomic E-state index is 0. The molecule has 0 radical (unpaired) electrons. The standard InChI is InChI=1S/C14H20BrN3OS.HI/c1-16-13(17-7-11-6-12(15)20-8-11)18-4-2-14(9-18)3-5-19-10-14;/h6,8H,2-5,7,9-10H2,1H3,(H,16,17);1H. The van der Waals surface area contributed by atoms with Gasteiger partial charge in [0, 0.05) is 38.7 Å². The first-order chi connectivity index (χ1) is 9.71. The van der Waals surface area contributed by atoms with Gasteiger partial charge in [-0.2, -0.15) is 0 Å². The van der Waals surface area contributed by atoms with Gasteiger partial charge in [0.1, 0.15) is 0 Å². The van der Waals surface area contributed by atoms with Crippen LogP contribution >= 0.6 is 51.2 Å². The molecule has 2 aliphatic heterocycles. The lowest BCUT2D eigenvalue weighted by atomic mass is 9.87. The lowest BCUT2D eigenvalue weighted by Crippen LogP contribution is -2.41. The first-order valence-electron chi connectivity index (χ1n) is 6.97. The highest BCUT2D eigenvalue weighted by Crippen LogP contribution is 2.38. The molecule has 21 heavy (non-hydrogen) atoms. The summed E-state index contributed by atoms with van der Waals surface area (Å²) in [7, 11) is 1.86. The van der Waals surface area contributed by atoms with Gasteiger partial charge in [-0.3, -0.25) is 4.99 Å². The monoisotopic (exact) mass is 485 g/mol. The SMILES string of the molecule is CN=C(NCc1csc(Br)c1)N1CCC2(CCOC2)C1.I. The van der Waals surface area contributed by atoms with Crippen LogP contribution in [-0.2, 0) is 11.3 Å². The molecule has 0 bridgehead atoms. The molecule has 118 valence electrons. The van der Waals surface area contributed by atoms with E-state index in [0.29, 0.717) is 5.41 Å². The lowest BCUT2D eigenvalue weighted by Gasteiger charge is -2.24. The summed E-state index contributed by atoms with van der Waals surface area (Å²) in [6, 6.07) is 2.15. The Bertz CT molecular complexity index is 502. The summed E-state index contributed by atoms with van der Waals surface area (Å²) in [6.45, 7) is 4.81. The first kappa shape index (κ1) is 17.5. The third kappa shape index (κ3) is 4.11. The summed E-state index contributed by atoms with van der Waals surface area (Å²) in [5.74, 6) is 1.01. The molecule has 0 aliphatic carbocycles. The molecule has 2 saturated heterocycles. The van der Waals surface area contributed by atoms with Crippen molar-refractivity contribution in [2.45, 2.75) is 19.4 Å².